The van der Waals surface area contributed by atoms with Crippen LogP contribution in [0.5, 0.6) is 0 Å². The minimum absolute atomic E-state index is 0.0843. The monoisotopic (exact) mass is 560 g/mol. The van der Waals surface area contributed by atoms with E-state index in [1.54, 1.807) is 34.6 Å². The molecule has 2 aromatic heterocycles. The Morgan fingerprint density at radius 2 is 1.97 bits per heavy atom. The van der Waals surface area contributed by atoms with E-state index < -0.39 is 4.92 Å². The smallest absolute Gasteiger partial charge is 0.358 e. The molecule has 200 valence electrons. The maximum atomic E-state index is 13.5. The maximum absolute atomic E-state index is 13.5. The Bertz CT molecular complexity index is 1440. The highest BCUT2D eigenvalue weighted by Crippen LogP contribution is 2.65. The number of nitro groups is 1. The van der Waals surface area contributed by atoms with E-state index >= 15 is 0 Å². The van der Waals surface area contributed by atoms with Crippen LogP contribution in [0.1, 0.15) is 56.2 Å². The van der Waals surface area contributed by atoms with Crippen LogP contribution in [0, 0.1) is 40.1 Å². The molecule has 2 unspecified atom stereocenters. The molecular weight excluding hydrogens is 534 g/mol. The van der Waals surface area contributed by atoms with E-state index in [2.05, 4.69) is 15.5 Å². The number of aromatic nitrogens is 4. The van der Waals surface area contributed by atoms with E-state index in [-0.39, 0.29) is 39.3 Å². The first-order chi connectivity index (χ1) is 18.0. The van der Waals surface area contributed by atoms with Crippen LogP contribution in [0.2, 0.25) is 10.0 Å². The third-order valence-corrected chi connectivity index (χ3v) is 9.26. The highest BCUT2D eigenvalue weighted by atomic mass is 35.5. The van der Waals surface area contributed by atoms with Crippen molar-refractivity contribution in [1.29, 1.82) is 0 Å². The third kappa shape index (κ3) is 4.37. The quantitative estimate of drug-likeness (QED) is 0.277. The number of hydrogen-bond donors (Lipinski definition) is 1. The number of nitrogens with zero attached hydrogens (tertiary/aromatic N) is 5. The number of carbonyl (C=O) groups is 1. The molecule has 4 saturated carbocycles. The van der Waals surface area contributed by atoms with E-state index in [1.165, 1.54) is 12.1 Å². The molecule has 1 amide bonds. The lowest BCUT2D eigenvalue weighted by Crippen LogP contribution is -2.57. The molecule has 4 aliphatic carbocycles. The summed E-state index contributed by atoms with van der Waals surface area (Å²) >= 11 is 12.7. The SMILES string of the molecule is Cc1c(Cl)c([N+](=O)[O-])nn1C12CC3CC(CC(CC(=O)Nc4nn(Cc5cccc(F)c5)cc4Cl)(C3)C1)C2. The van der Waals surface area contributed by atoms with E-state index in [4.69, 9.17) is 23.2 Å². The van der Waals surface area contributed by atoms with E-state index in [0.717, 1.165) is 44.1 Å². The summed E-state index contributed by atoms with van der Waals surface area (Å²) in [5.41, 5.74) is 0.728. The van der Waals surface area contributed by atoms with Gasteiger partial charge < -0.3 is 15.4 Å². The number of benzene rings is 1. The summed E-state index contributed by atoms with van der Waals surface area (Å²) < 4.78 is 16.9. The van der Waals surface area contributed by atoms with Crippen LogP contribution in [-0.4, -0.2) is 30.4 Å². The van der Waals surface area contributed by atoms with Crippen molar-refractivity contribution in [3.63, 3.8) is 0 Å². The van der Waals surface area contributed by atoms with Gasteiger partial charge in [-0.25, -0.2) is 4.39 Å². The van der Waals surface area contributed by atoms with Gasteiger partial charge in [-0.3, -0.25) is 9.48 Å². The van der Waals surface area contributed by atoms with Crippen molar-refractivity contribution in [2.45, 2.75) is 64.0 Å². The van der Waals surface area contributed by atoms with Gasteiger partial charge in [-0.05, 0) is 85.3 Å². The van der Waals surface area contributed by atoms with Crippen molar-refractivity contribution >= 4 is 40.7 Å². The second-order valence-corrected chi connectivity index (χ2v) is 12.2. The Morgan fingerprint density at radius 1 is 1.24 bits per heavy atom. The molecule has 0 saturated heterocycles. The Hall–Kier alpha value is -2.98. The van der Waals surface area contributed by atoms with Crippen LogP contribution in [-0.2, 0) is 16.9 Å². The first-order valence-corrected chi connectivity index (χ1v) is 13.5. The van der Waals surface area contributed by atoms with Gasteiger partial charge in [0.15, 0.2) is 10.8 Å². The molecule has 1 N–H and O–H groups in total. The van der Waals surface area contributed by atoms with Crippen LogP contribution < -0.4 is 5.32 Å². The molecular formula is C26H27Cl2FN6O3. The fourth-order valence-electron chi connectivity index (χ4n) is 7.81. The molecule has 2 heterocycles. The molecule has 7 rings (SSSR count). The summed E-state index contributed by atoms with van der Waals surface area (Å²) in [5.74, 6) is 0.332. The third-order valence-electron chi connectivity index (χ3n) is 8.54. The lowest BCUT2D eigenvalue weighted by molar-refractivity contribution is -0.389. The zero-order valence-corrected chi connectivity index (χ0v) is 22.3. The lowest BCUT2D eigenvalue weighted by atomic mass is 9.46. The zero-order valence-electron chi connectivity index (χ0n) is 20.8. The lowest BCUT2D eigenvalue weighted by Gasteiger charge is -2.61. The van der Waals surface area contributed by atoms with Gasteiger partial charge >= 0.3 is 5.82 Å². The van der Waals surface area contributed by atoms with Gasteiger partial charge in [-0.1, -0.05) is 35.3 Å². The Kier molecular flexibility index (Phi) is 6.03. The minimum atomic E-state index is -0.535. The van der Waals surface area contributed by atoms with Crippen LogP contribution >= 0.6 is 23.2 Å². The van der Waals surface area contributed by atoms with Crippen molar-refractivity contribution < 1.29 is 14.1 Å². The van der Waals surface area contributed by atoms with Gasteiger partial charge in [-0.15, -0.1) is 0 Å². The van der Waals surface area contributed by atoms with Crippen LogP contribution in [0.3, 0.4) is 0 Å². The summed E-state index contributed by atoms with van der Waals surface area (Å²) in [6.45, 7) is 2.10. The average Bonchev–Trinajstić information content (AvgIpc) is 3.31. The molecule has 1 aromatic carbocycles. The first kappa shape index (κ1) is 25.3. The summed E-state index contributed by atoms with van der Waals surface area (Å²) in [4.78, 5) is 24.3. The molecule has 2 atom stereocenters. The predicted molar refractivity (Wildman–Crippen MR) is 140 cm³/mol. The van der Waals surface area contributed by atoms with E-state index in [0.29, 0.717) is 35.5 Å². The largest absolute Gasteiger partial charge is 0.408 e. The summed E-state index contributed by atoms with van der Waals surface area (Å²) in [6, 6.07) is 6.24. The van der Waals surface area contributed by atoms with Gasteiger partial charge in [0, 0.05) is 12.6 Å². The summed E-state index contributed by atoms with van der Waals surface area (Å²) in [6.07, 6.45) is 7.41. The number of hydrogen-bond acceptors (Lipinski definition) is 5. The number of nitrogens with one attached hydrogen (secondary N) is 1. The van der Waals surface area contributed by atoms with Crippen LogP contribution in [0.25, 0.3) is 0 Å². The second-order valence-electron chi connectivity index (χ2n) is 11.5. The Labute approximate surface area is 228 Å². The molecule has 9 nitrogen and oxygen atoms in total. The van der Waals surface area contributed by atoms with E-state index in [1.807, 2.05) is 0 Å². The van der Waals surface area contributed by atoms with Gasteiger partial charge in [0.1, 0.15) is 10.8 Å². The van der Waals surface area contributed by atoms with Gasteiger partial charge in [0.25, 0.3) is 0 Å². The van der Waals surface area contributed by atoms with Crippen LogP contribution in [0.4, 0.5) is 16.0 Å². The summed E-state index contributed by atoms with van der Waals surface area (Å²) in [5, 5.41) is 23.6. The Balaban J connectivity index is 1.21. The molecule has 0 aliphatic heterocycles. The number of rotatable bonds is 7. The van der Waals surface area contributed by atoms with Gasteiger partial charge in [-0.2, -0.15) is 9.78 Å². The topological polar surface area (TPSA) is 108 Å². The maximum Gasteiger partial charge on any atom is 0.408 e. The number of carbonyl (C=O) groups excluding carboxylic acids is 1. The standard InChI is InChI=1S/C26H27Cl2FN6O3/c1-15-22(28)24(35(37)38)32-34(15)26-9-17-5-18(10-26)8-25(7-17,14-26)11-21(36)30-23-20(27)13-33(31-23)12-16-3-2-4-19(29)6-16/h2-4,6,13,17-18H,5,7-12,14H2,1H3,(H,30,31,36). The first-order valence-electron chi connectivity index (χ1n) is 12.7. The van der Waals surface area contributed by atoms with Crippen molar-refractivity contribution in [2.24, 2.45) is 17.3 Å². The molecule has 12 heteroatoms. The minimum Gasteiger partial charge on any atom is -0.358 e. The molecule has 38 heavy (non-hydrogen) atoms. The highest BCUT2D eigenvalue weighted by Gasteiger charge is 2.61. The molecule has 4 aliphatic rings. The summed E-state index contributed by atoms with van der Waals surface area (Å²) in [7, 11) is 0. The molecule has 0 radical (unpaired) electrons. The number of anilines is 1. The van der Waals surface area contributed by atoms with Crippen molar-refractivity contribution in [1.82, 2.24) is 19.6 Å². The zero-order chi connectivity index (χ0) is 26.8. The normalized spacial score (nSPS) is 27.6. The van der Waals surface area contributed by atoms with Crippen LogP contribution in [0.15, 0.2) is 30.5 Å². The number of halogens is 3. The average molecular weight is 561 g/mol. The van der Waals surface area contributed by atoms with Crippen molar-refractivity contribution in [3.05, 3.63) is 67.7 Å². The van der Waals surface area contributed by atoms with Gasteiger partial charge in [0.2, 0.25) is 5.91 Å². The van der Waals surface area contributed by atoms with Crippen molar-refractivity contribution in [3.8, 4) is 0 Å². The molecule has 4 bridgehead atoms. The highest BCUT2D eigenvalue weighted by molar-refractivity contribution is 6.33. The number of amides is 1. The van der Waals surface area contributed by atoms with Gasteiger partial charge in [0.05, 0.1) is 22.9 Å². The predicted octanol–water partition coefficient (Wildman–Crippen LogP) is 6.11. The van der Waals surface area contributed by atoms with Crippen molar-refractivity contribution in [2.75, 3.05) is 5.32 Å². The van der Waals surface area contributed by atoms with E-state index in [9.17, 15) is 19.3 Å². The Morgan fingerprint density at radius 3 is 2.63 bits per heavy atom. The molecule has 0 spiro atoms. The fourth-order valence-corrected chi connectivity index (χ4v) is 8.19. The fraction of sp³-hybridized carbons (Fsp3) is 0.500. The molecule has 3 aromatic rings. The molecule has 4 fully saturated rings. The second kappa shape index (κ2) is 9.05.